The number of carbonyl (C=O) groups excluding carboxylic acids is 2. The molecule has 0 fully saturated rings. The molecule has 0 unspecified atom stereocenters. The van der Waals surface area contributed by atoms with Gasteiger partial charge >= 0.3 is 6.09 Å². The van der Waals surface area contributed by atoms with E-state index in [4.69, 9.17) is 19.2 Å². The molecule has 1 aliphatic heterocycles. The van der Waals surface area contributed by atoms with Gasteiger partial charge in [0.05, 0.1) is 41.9 Å². The number of para-hydroxylation sites is 1. The highest BCUT2D eigenvalue weighted by Crippen LogP contribution is 2.39. The quantitative estimate of drug-likeness (QED) is 0.218. The van der Waals surface area contributed by atoms with Crippen LogP contribution in [0.3, 0.4) is 0 Å². The van der Waals surface area contributed by atoms with Crippen molar-refractivity contribution in [3.05, 3.63) is 61.4 Å². The molecular weight excluding hydrogens is 574 g/mol. The van der Waals surface area contributed by atoms with Crippen LogP contribution in [0.15, 0.2) is 61.4 Å². The molecule has 5 rings (SSSR count). The number of amides is 2. The summed E-state index contributed by atoms with van der Waals surface area (Å²) in [7, 11) is 5.11. The first kappa shape index (κ1) is 31.2. The second-order valence-corrected chi connectivity index (χ2v) is 11.7. The summed E-state index contributed by atoms with van der Waals surface area (Å²) in [5.41, 5.74) is 3.92. The molecule has 0 saturated heterocycles. The molecule has 0 bridgehead atoms. The van der Waals surface area contributed by atoms with Gasteiger partial charge < -0.3 is 39.2 Å². The van der Waals surface area contributed by atoms with Crippen molar-refractivity contribution in [2.75, 3.05) is 56.4 Å². The molecular formula is C33H39N7O5. The number of hydrogen-bond donors (Lipinski definition) is 2. The van der Waals surface area contributed by atoms with Gasteiger partial charge in [0.2, 0.25) is 11.9 Å². The van der Waals surface area contributed by atoms with Gasteiger partial charge in [0, 0.05) is 56.6 Å². The summed E-state index contributed by atoms with van der Waals surface area (Å²) in [6, 6.07) is 11.5. The smallest absolute Gasteiger partial charge is 0.410 e. The summed E-state index contributed by atoms with van der Waals surface area (Å²) in [6.07, 6.45) is 4.58. The highest BCUT2D eigenvalue weighted by atomic mass is 16.6. The lowest BCUT2D eigenvalue weighted by molar-refractivity contribution is -0.111. The van der Waals surface area contributed by atoms with Gasteiger partial charge in [-0.2, -0.15) is 0 Å². The van der Waals surface area contributed by atoms with E-state index in [-0.39, 0.29) is 5.91 Å². The predicted molar refractivity (Wildman–Crippen MR) is 176 cm³/mol. The van der Waals surface area contributed by atoms with Crippen LogP contribution in [0.1, 0.15) is 20.8 Å². The van der Waals surface area contributed by atoms with Gasteiger partial charge in [0.15, 0.2) is 0 Å². The fraction of sp³-hybridized carbons (Fsp3) is 0.333. The van der Waals surface area contributed by atoms with E-state index in [2.05, 4.69) is 39.0 Å². The zero-order chi connectivity index (χ0) is 32.3. The number of benzene rings is 2. The Kier molecular flexibility index (Phi) is 8.84. The molecule has 0 atom stereocenters. The van der Waals surface area contributed by atoms with Gasteiger partial charge in [0.1, 0.15) is 23.7 Å². The minimum atomic E-state index is -0.594. The average Bonchev–Trinajstić information content (AvgIpc) is 3.39. The summed E-state index contributed by atoms with van der Waals surface area (Å²) < 4.78 is 19.3. The largest absolute Gasteiger partial charge is 0.494 e. The van der Waals surface area contributed by atoms with Crippen molar-refractivity contribution in [3.63, 3.8) is 0 Å². The van der Waals surface area contributed by atoms with Gasteiger partial charge in [-0.25, -0.2) is 14.8 Å². The number of rotatable bonds is 10. The summed E-state index contributed by atoms with van der Waals surface area (Å²) in [5, 5.41) is 7.20. The van der Waals surface area contributed by atoms with Gasteiger partial charge in [-0.1, -0.05) is 18.7 Å². The van der Waals surface area contributed by atoms with Crippen molar-refractivity contribution in [1.82, 2.24) is 19.4 Å². The number of methoxy groups -OCH3 is 1. The standard InChI is InChI=1S/C33H39N7O5/c1-8-29(41)35-24-18-25(28(43-7)19-26(24)38(5)14-15-39(6)32(42)45-33(2,3)4)37-31-34-13-12-23(36-31)22-20-40-16-17-44-27-11-9-10-21(22)30(27)40/h8-13,18-20H,1,14-17H2,2-7H3,(H,35,41)(H,34,36,37). The van der Waals surface area contributed by atoms with E-state index in [1.807, 2.05) is 57.0 Å². The zero-order valence-corrected chi connectivity index (χ0v) is 26.5. The van der Waals surface area contributed by atoms with E-state index in [1.54, 1.807) is 26.4 Å². The van der Waals surface area contributed by atoms with Crippen molar-refractivity contribution in [2.24, 2.45) is 0 Å². The highest BCUT2D eigenvalue weighted by molar-refractivity contribution is 6.02. The van der Waals surface area contributed by atoms with Crippen LogP contribution in [0, 0.1) is 0 Å². The second-order valence-electron chi connectivity index (χ2n) is 11.7. The normalized spacial score (nSPS) is 12.2. The first-order chi connectivity index (χ1) is 21.5. The number of hydrogen-bond acceptors (Lipinski definition) is 9. The Morgan fingerprint density at radius 2 is 1.96 bits per heavy atom. The third-order valence-corrected chi connectivity index (χ3v) is 7.28. The molecule has 236 valence electrons. The van der Waals surface area contributed by atoms with Crippen molar-refractivity contribution >= 4 is 45.9 Å². The Balaban J connectivity index is 1.42. The minimum Gasteiger partial charge on any atom is -0.494 e. The van der Waals surface area contributed by atoms with Gasteiger partial charge in [0.25, 0.3) is 0 Å². The number of nitrogens with one attached hydrogen (secondary N) is 2. The number of ether oxygens (including phenoxy) is 3. The summed E-state index contributed by atoms with van der Waals surface area (Å²) >= 11 is 0. The molecule has 0 saturated carbocycles. The number of anilines is 4. The Morgan fingerprint density at radius 1 is 1.16 bits per heavy atom. The number of carbonyl (C=O) groups is 2. The second kappa shape index (κ2) is 12.8. The lowest BCUT2D eigenvalue weighted by Crippen LogP contribution is -2.38. The van der Waals surface area contributed by atoms with E-state index in [0.29, 0.717) is 48.5 Å². The molecule has 45 heavy (non-hydrogen) atoms. The molecule has 2 aromatic carbocycles. The monoisotopic (exact) mass is 613 g/mol. The van der Waals surface area contributed by atoms with Crippen LogP contribution in [0.2, 0.25) is 0 Å². The fourth-order valence-corrected chi connectivity index (χ4v) is 5.05. The first-order valence-electron chi connectivity index (χ1n) is 14.6. The van der Waals surface area contributed by atoms with Crippen LogP contribution >= 0.6 is 0 Å². The number of nitrogens with zero attached hydrogens (tertiary/aromatic N) is 5. The molecule has 2 N–H and O–H groups in total. The SMILES string of the molecule is C=CC(=O)Nc1cc(Nc2nccc(-c3cn4c5c(cccc35)OCC4)n2)c(OC)cc1N(C)CCN(C)C(=O)OC(C)(C)C. The molecule has 0 radical (unpaired) electrons. The Hall–Kier alpha value is -5.26. The molecule has 12 nitrogen and oxygen atoms in total. The summed E-state index contributed by atoms with van der Waals surface area (Å²) in [5.74, 6) is 1.35. The number of aromatic nitrogens is 3. The average molecular weight is 614 g/mol. The van der Waals surface area contributed by atoms with E-state index >= 15 is 0 Å². The molecule has 0 aliphatic carbocycles. The first-order valence-corrected chi connectivity index (χ1v) is 14.6. The molecule has 4 aromatic rings. The van der Waals surface area contributed by atoms with Gasteiger partial charge in [-0.05, 0) is 45.0 Å². The molecule has 2 aromatic heterocycles. The van der Waals surface area contributed by atoms with Crippen molar-refractivity contribution in [3.8, 4) is 22.8 Å². The lowest BCUT2D eigenvalue weighted by Gasteiger charge is -2.28. The van der Waals surface area contributed by atoms with E-state index < -0.39 is 11.7 Å². The third-order valence-electron chi connectivity index (χ3n) is 7.28. The molecule has 2 amide bonds. The third kappa shape index (κ3) is 6.95. The van der Waals surface area contributed by atoms with Crippen LogP contribution in [0.25, 0.3) is 22.2 Å². The zero-order valence-electron chi connectivity index (χ0n) is 26.5. The topological polar surface area (TPSA) is 123 Å². The van der Waals surface area contributed by atoms with E-state index in [1.165, 1.54) is 11.0 Å². The van der Waals surface area contributed by atoms with Gasteiger partial charge in [-0.15, -0.1) is 0 Å². The minimum absolute atomic E-state index is 0.357. The van der Waals surface area contributed by atoms with Crippen LogP contribution in [0.4, 0.5) is 27.8 Å². The maximum atomic E-state index is 12.5. The number of likely N-dealkylation sites (N-methyl/N-ethyl adjacent to an activating group) is 2. The van der Waals surface area contributed by atoms with Crippen LogP contribution in [-0.4, -0.2) is 77.9 Å². The van der Waals surface area contributed by atoms with Crippen molar-refractivity contribution in [2.45, 2.75) is 32.9 Å². The van der Waals surface area contributed by atoms with E-state index in [9.17, 15) is 9.59 Å². The summed E-state index contributed by atoms with van der Waals surface area (Å²) in [4.78, 5) is 37.6. The Morgan fingerprint density at radius 3 is 2.69 bits per heavy atom. The predicted octanol–water partition coefficient (Wildman–Crippen LogP) is 5.67. The van der Waals surface area contributed by atoms with Crippen molar-refractivity contribution < 1.29 is 23.8 Å². The maximum absolute atomic E-state index is 12.5. The lowest BCUT2D eigenvalue weighted by atomic mass is 10.1. The van der Waals surface area contributed by atoms with E-state index in [0.717, 1.165) is 34.5 Å². The van der Waals surface area contributed by atoms with Gasteiger partial charge in [-0.3, -0.25) is 4.79 Å². The Bertz CT molecular complexity index is 1740. The van der Waals surface area contributed by atoms with Crippen molar-refractivity contribution in [1.29, 1.82) is 0 Å². The molecule has 12 heteroatoms. The molecule has 1 aliphatic rings. The fourth-order valence-electron chi connectivity index (χ4n) is 5.05. The summed E-state index contributed by atoms with van der Waals surface area (Å²) in [6.45, 7) is 11.3. The van der Waals surface area contributed by atoms with Crippen LogP contribution < -0.4 is 25.0 Å². The molecule has 3 heterocycles. The molecule has 0 spiro atoms. The highest BCUT2D eigenvalue weighted by Gasteiger charge is 2.22. The maximum Gasteiger partial charge on any atom is 0.410 e. The van der Waals surface area contributed by atoms with Crippen LogP contribution in [-0.2, 0) is 16.1 Å². The van der Waals surface area contributed by atoms with Crippen LogP contribution in [0.5, 0.6) is 11.5 Å². The Labute approximate surface area is 262 Å².